The Morgan fingerprint density at radius 3 is 2.56 bits per heavy atom. The molecule has 0 aliphatic carbocycles. The first-order chi connectivity index (χ1) is 12.0. The fraction of sp³-hybridized carbons (Fsp3) is 0.500. The van der Waals surface area contributed by atoms with E-state index < -0.39 is 0 Å². The Bertz CT molecular complexity index is 688. The summed E-state index contributed by atoms with van der Waals surface area (Å²) in [7, 11) is 2.00. The number of nitrogens with zero attached hydrogens (tertiary/aromatic N) is 3. The van der Waals surface area contributed by atoms with E-state index in [4.69, 9.17) is 4.99 Å². The van der Waals surface area contributed by atoms with Crippen molar-refractivity contribution in [3.05, 3.63) is 52.8 Å². The van der Waals surface area contributed by atoms with Crippen LogP contribution >= 0.6 is 0 Å². The molecular formula is C20H31N5. The largest absolute Gasteiger partial charge is 0.357 e. The van der Waals surface area contributed by atoms with Crippen molar-refractivity contribution in [2.45, 2.75) is 46.6 Å². The molecule has 25 heavy (non-hydrogen) atoms. The van der Waals surface area contributed by atoms with Gasteiger partial charge in [0.25, 0.3) is 0 Å². The molecule has 1 aromatic heterocycles. The van der Waals surface area contributed by atoms with Crippen LogP contribution < -0.4 is 10.6 Å². The Labute approximate surface area is 151 Å². The van der Waals surface area contributed by atoms with Gasteiger partial charge in [-0.15, -0.1) is 0 Å². The van der Waals surface area contributed by atoms with Crippen LogP contribution in [0.15, 0.2) is 35.3 Å². The van der Waals surface area contributed by atoms with Gasteiger partial charge in [0, 0.05) is 31.9 Å². The molecule has 0 fully saturated rings. The van der Waals surface area contributed by atoms with Crippen molar-refractivity contribution in [1.29, 1.82) is 0 Å². The molecule has 1 aromatic carbocycles. The number of nitrogens with one attached hydrogen (secondary N) is 2. The van der Waals surface area contributed by atoms with Gasteiger partial charge in [-0.05, 0) is 51.7 Å². The molecule has 2 rings (SSSR count). The molecule has 1 atom stereocenters. The Kier molecular flexibility index (Phi) is 7.04. The highest BCUT2D eigenvalue weighted by atomic mass is 15.3. The normalized spacial score (nSPS) is 12.9. The summed E-state index contributed by atoms with van der Waals surface area (Å²) in [6.45, 7) is 10.1. The van der Waals surface area contributed by atoms with Crippen molar-refractivity contribution in [2.75, 3.05) is 13.1 Å². The lowest BCUT2D eigenvalue weighted by atomic mass is 10.1. The molecule has 136 valence electrons. The number of aromatic nitrogens is 2. The van der Waals surface area contributed by atoms with Gasteiger partial charge in [0.2, 0.25) is 0 Å². The third-order valence-electron chi connectivity index (χ3n) is 4.41. The van der Waals surface area contributed by atoms with Crippen LogP contribution in [0, 0.1) is 13.8 Å². The maximum absolute atomic E-state index is 4.71. The zero-order valence-electron chi connectivity index (χ0n) is 16.1. The number of aryl methyl sites for hydroxylation is 2. The van der Waals surface area contributed by atoms with Crippen LogP contribution in [0.3, 0.4) is 0 Å². The molecule has 0 aliphatic rings. The molecule has 1 unspecified atom stereocenters. The standard InChI is InChI=1S/C20H31N5/c1-6-21-20(22-13-12-18-10-8-7-9-11-18)23-15(2)14-19-16(3)24-25(5)17(19)4/h7-11,15H,6,12-14H2,1-5H3,(H2,21,22,23). The van der Waals surface area contributed by atoms with E-state index in [0.29, 0.717) is 0 Å². The predicted octanol–water partition coefficient (Wildman–Crippen LogP) is 2.77. The number of aliphatic imine (C=N–C) groups is 1. The predicted molar refractivity (Wildman–Crippen MR) is 105 cm³/mol. The van der Waals surface area contributed by atoms with Gasteiger partial charge in [0.1, 0.15) is 0 Å². The van der Waals surface area contributed by atoms with Crippen molar-refractivity contribution >= 4 is 5.96 Å². The summed E-state index contributed by atoms with van der Waals surface area (Å²) in [4.78, 5) is 4.71. The maximum atomic E-state index is 4.71. The SMILES string of the molecule is CCNC(=NCCc1ccccc1)NC(C)Cc1c(C)nn(C)c1C. The maximum Gasteiger partial charge on any atom is 0.191 e. The molecule has 2 aromatic rings. The first-order valence-electron chi connectivity index (χ1n) is 9.09. The first-order valence-corrected chi connectivity index (χ1v) is 9.09. The van der Waals surface area contributed by atoms with Crippen molar-refractivity contribution in [3.8, 4) is 0 Å². The number of benzene rings is 1. The van der Waals surface area contributed by atoms with E-state index in [1.807, 2.05) is 17.8 Å². The second-order valence-electron chi connectivity index (χ2n) is 6.52. The van der Waals surface area contributed by atoms with Gasteiger partial charge in [-0.3, -0.25) is 9.67 Å². The van der Waals surface area contributed by atoms with Crippen molar-refractivity contribution < 1.29 is 0 Å². The number of hydrogen-bond acceptors (Lipinski definition) is 2. The summed E-state index contributed by atoms with van der Waals surface area (Å²) in [5, 5.41) is 11.4. The monoisotopic (exact) mass is 341 g/mol. The number of hydrogen-bond donors (Lipinski definition) is 2. The second kappa shape index (κ2) is 9.25. The highest BCUT2D eigenvalue weighted by Gasteiger charge is 2.13. The van der Waals surface area contributed by atoms with E-state index in [1.54, 1.807) is 0 Å². The van der Waals surface area contributed by atoms with Gasteiger partial charge in [0.05, 0.1) is 5.69 Å². The molecule has 5 heteroatoms. The lowest BCUT2D eigenvalue weighted by Gasteiger charge is -2.18. The topological polar surface area (TPSA) is 54.2 Å². The lowest BCUT2D eigenvalue weighted by molar-refractivity contribution is 0.635. The minimum absolute atomic E-state index is 0.288. The van der Waals surface area contributed by atoms with E-state index in [-0.39, 0.29) is 6.04 Å². The van der Waals surface area contributed by atoms with Crippen LogP contribution in [-0.2, 0) is 19.9 Å². The summed E-state index contributed by atoms with van der Waals surface area (Å²) >= 11 is 0. The first kappa shape index (κ1) is 19.0. The van der Waals surface area contributed by atoms with E-state index in [1.165, 1.54) is 16.8 Å². The molecule has 2 N–H and O–H groups in total. The highest BCUT2D eigenvalue weighted by Crippen LogP contribution is 2.14. The second-order valence-corrected chi connectivity index (χ2v) is 6.52. The summed E-state index contributed by atoms with van der Waals surface area (Å²) in [5.74, 6) is 0.880. The third-order valence-corrected chi connectivity index (χ3v) is 4.41. The van der Waals surface area contributed by atoms with Crippen LogP contribution in [-0.4, -0.2) is 34.9 Å². The Morgan fingerprint density at radius 2 is 1.96 bits per heavy atom. The molecule has 0 radical (unpaired) electrons. The molecule has 0 saturated heterocycles. The smallest absolute Gasteiger partial charge is 0.191 e. The van der Waals surface area contributed by atoms with Crippen LogP contribution in [0.4, 0.5) is 0 Å². The van der Waals surface area contributed by atoms with Gasteiger partial charge >= 0.3 is 0 Å². The molecule has 0 saturated carbocycles. The van der Waals surface area contributed by atoms with E-state index in [0.717, 1.165) is 37.6 Å². The lowest BCUT2D eigenvalue weighted by Crippen LogP contribution is -2.43. The fourth-order valence-corrected chi connectivity index (χ4v) is 2.96. The van der Waals surface area contributed by atoms with Crippen molar-refractivity contribution in [2.24, 2.45) is 12.0 Å². The van der Waals surface area contributed by atoms with E-state index >= 15 is 0 Å². The summed E-state index contributed by atoms with van der Waals surface area (Å²) in [5.41, 5.74) is 4.98. The Balaban J connectivity index is 1.94. The van der Waals surface area contributed by atoms with Gasteiger partial charge in [-0.2, -0.15) is 5.10 Å². The average Bonchev–Trinajstić information content (AvgIpc) is 2.82. The van der Waals surface area contributed by atoms with E-state index in [2.05, 4.69) is 67.7 Å². The number of rotatable bonds is 7. The minimum atomic E-state index is 0.288. The van der Waals surface area contributed by atoms with Gasteiger partial charge < -0.3 is 10.6 Å². The quantitative estimate of drug-likeness (QED) is 0.601. The summed E-state index contributed by atoms with van der Waals surface area (Å²) in [6.07, 6.45) is 1.89. The van der Waals surface area contributed by atoms with Gasteiger partial charge in [-0.1, -0.05) is 30.3 Å². The van der Waals surface area contributed by atoms with Crippen LogP contribution in [0.1, 0.15) is 36.4 Å². The molecule has 0 amide bonds. The van der Waals surface area contributed by atoms with Crippen molar-refractivity contribution in [3.63, 3.8) is 0 Å². The molecule has 1 heterocycles. The number of guanidine groups is 1. The average molecular weight is 342 g/mol. The van der Waals surface area contributed by atoms with Crippen molar-refractivity contribution in [1.82, 2.24) is 20.4 Å². The van der Waals surface area contributed by atoms with Crippen LogP contribution in [0.5, 0.6) is 0 Å². The Hall–Kier alpha value is -2.30. The third kappa shape index (κ3) is 5.62. The summed E-state index contributed by atoms with van der Waals surface area (Å²) in [6, 6.07) is 10.8. The molecule has 0 aliphatic heterocycles. The van der Waals surface area contributed by atoms with E-state index in [9.17, 15) is 0 Å². The fourth-order valence-electron chi connectivity index (χ4n) is 2.96. The zero-order valence-corrected chi connectivity index (χ0v) is 16.1. The molecule has 0 spiro atoms. The van der Waals surface area contributed by atoms with Crippen LogP contribution in [0.2, 0.25) is 0 Å². The minimum Gasteiger partial charge on any atom is -0.357 e. The zero-order chi connectivity index (χ0) is 18.2. The van der Waals surface area contributed by atoms with Gasteiger partial charge in [0.15, 0.2) is 5.96 Å². The molecule has 0 bridgehead atoms. The van der Waals surface area contributed by atoms with Crippen LogP contribution in [0.25, 0.3) is 0 Å². The molecular weight excluding hydrogens is 310 g/mol. The Morgan fingerprint density at radius 1 is 1.24 bits per heavy atom. The van der Waals surface area contributed by atoms with Gasteiger partial charge in [-0.25, -0.2) is 0 Å². The molecule has 5 nitrogen and oxygen atoms in total. The highest BCUT2D eigenvalue weighted by molar-refractivity contribution is 5.80. The summed E-state index contributed by atoms with van der Waals surface area (Å²) < 4.78 is 1.95.